The number of rotatable bonds is 3. The number of nitrogens with zero attached hydrogens (tertiary/aromatic N) is 1. The molecule has 0 unspecified atom stereocenters. The minimum atomic E-state index is -3.89. The Labute approximate surface area is 267 Å². The summed E-state index contributed by atoms with van der Waals surface area (Å²) < 4.78 is 41.7. The van der Waals surface area contributed by atoms with Gasteiger partial charge in [0.15, 0.2) is 0 Å². The molecule has 2 aliphatic carbocycles. The Hall–Kier alpha value is -2.55. The van der Waals surface area contributed by atoms with Gasteiger partial charge in [-0.05, 0) is 111 Å². The molecule has 7 nitrogen and oxygen atoms in total. The van der Waals surface area contributed by atoms with Gasteiger partial charge in [0, 0.05) is 36.2 Å². The van der Waals surface area contributed by atoms with E-state index < -0.39 is 21.2 Å². The SMILES string of the molecule is CCC[C@H]1/C=C/[C@H](OC)[C@@H]2CC[C@H]2CN2C[C@@]3(CCCc4cc(Cl)ccc43)COc3ccc(cc32)C(=O)NS(=O)(=O)[C@H](C)C1. The molecule has 0 saturated heterocycles. The van der Waals surface area contributed by atoms with Crippen LogP contribution in [0.4, 0.5) is 5.69 Å². The number of fused-ring (bicyclic) bond motifs is 4. The van der Waals surface area contributed by atoms with Crippen molar-refractivity contribution in [3.05, 3.63) is 70.3 Å². The van der Waals surface area contributed by atoms with Gasteiger partial charge in [-0.15, -0.1) is 0 Å². The summed E-state index contributed by atoms with van der Waals surface area (Å²) in [6.07, 6.45) is 11.8. The van der Waals surface area contributed by atoms with Crippen molar-refractivity contribution in [3.8, 4) is 5.75 Å². The van der Waals surface area contributed by atoms with E-state index in [1.807, 2.05) is 18.2 Å². The van der Waals surface area contributed by atoms with E-state index in [1.165, 1.54) is 11.1 Å². The van der Waals surface area contributed by atoms with E-state index in [0.717, 1.165) is 74.5 Å². The van der Waals surface area contributed by atoms with Gasteiger partial charge in [0.1, 0.15) is 5.75 Å². The van der Waals surface area contributed by atoms with Crippen LogP contribution in [0.25, 0.3) is 0 Å². The van der Waals surface area contributed by atoms with Gasteiger partial charge >= 0.3 is 0 Å². The Morgan fingerprint density at radius 1 is 1.16 bits per heavy atom. The van der Waals surface area contributed by atoms with Crippen molar-refractivity contribution in [2.45, 2.75) is 82.0 Å². The minimum Gasteiger partial charge on any atom is -0.490 e. The first-order valence-electron chi connectivity index (χ1n) is 16.2. The fourth-order valence-electron chi connectivity index (χ4n) is 7.96. The van der Waals surface area contributed by atoms with Crippen LogP contribution in [-0.2, 0) is 26.6 Å². The van der Waals surface area contributed by atoms with Crippen LogP contribution in [-0.4, -0.2) is 52.5 Å². The van der Waals surface area contributed by atoms with Gasteiger partial charge in [0.05, 0.1) is 23.6 Å². The summed E-state index contributed by atoms with van der Waals surface area (Å²) >= 11 is 6.42. The van der Waals surface area contributed by atoms with Crippen molar-refractivity contribution in [2.75, 3.05) is 31.7 Å². The Kier molecular flexibility index (Phi) is 9.06. The van der Waals surface area contributed by atoms with Crippen molar-refractivity contribution in [1.82, 2.24) is 4.72 Å². The Bertz CT molecular complexity index is 1530. The molecule has 2 bridgehead atoms. The smallest absolute Gasteiger partial charge is 0.264 e. The summed E-state index contributed by atoms with van der Waals surface area (Å²) in [5, 5.41) is 0.0270. The Balaban J connectivity index is 1.42. The van der Waals surface area contributed by atoms with Crippen molar-refractivity contribution < 1.29 is 22.7 Å². The van der Waals surface area contributed by atoms with Gasteiger partial charge in [0.25, 0.3) is 5.91 Å². The van der Waals surface area contributed by atoms with E-state index in [9.17, 15) is 13.2 Å². The number of carbonyl (C=O) groups excluding carboxylic acids is 1. The normalized spacial score (nSPS) is 32.3. The minimum absolute atomic E-state index is 0.0341. The van der Waals surface area contributed by atoms with Crippen molar-refractivity contribution in [1.29, 1.82) is 0 Å². The first kappa shape index (κ1) is 31.4. The maximum atomic E-state index is 13.5. The number of benzene rings is 2. The number of anilines is 1. The van der Waals surface area contributed by atoms with E-state index in [-0.39, 0.29) is 17.4 Å². The fourth-order valence-corrected chi connectivity index (χ4v) is 9.23. The summed E-state index contributed by atoms with van der Waals surface area (Å²) in [5.74, 6) is 0.972. The number of hydrogen-bond acceptors (Lipinski definition) is 6. The van der Waals surface area contributed by atoms with Gasteiger partial charge in [-0.3, -0.25) is 4.79 Å². The van der Waals surface area contributed by atoms with E-state index in [0.29, 0.717) is 30.4 Å². The summed E-state index contributed by atoms with van der Waals surface area (Å²) in [7, 11) is -2.11. The number of allylic oxidation sites excluding steroid dienone is 1. The van der Waals surface area contributed by atoms with Crippen molar-refractivity contribution >= 4 is 33.2 Å². The molecule has 1 fully saturated rings. The molecule has 2 aromatic rings. The number of hydrogen-bond donors (Lipinski definition) is 1. The zero-order valence-corrected chi connectivity index (χ0v) is 27.6. The quantitative estimate of drug-likeness (QED) is 0.377. The lowest BCUT2D eigenvalue weighted by molar-refractivity contribution is 0.0130. The van der Waals surface area contributed by atoms with Crippen molar-refractivity contribution in [2.24, 2.45) is 17.8 Å². The first-order valence-corrected chi connectivity index (χ1v) is 18.1. The van der Waals surface area contributed by atoms with Gasteiger partial charge in [-0.2, -0.15) is 0 Å². The van der Waals surface area contributed by atoms with Crippen LogP contribution in [0.2, 0.25) is 5.02 Å². The van der Waals surface area contributed by atoms with Gasteiger partial charge < -0.3 is 14.4 Å². The fraction of sp³-hybridized carbons (Fsp3) is 0.571. The maximum absolute atomic E-state index is 13.5. The molecule has 9 heteroatoms. The monoisotopic (exact) mass is 640 g/mol. The lowest BCUT2D eigenvalue weighted by Crippen LogP contribution is -2.49. The van der Waals surface area contributed by atoms with Crippen LogP contribution >= 0.6 is 11.6 Å². The van der Waals surface area contributed by atoms with Crippen LogP contribution in [0.5, 0.6) is 5.75 Å². The molecule has 1 amide bonds. The van der Waals surface area contributed by atoms with Crippen LogP contribution in [0.3, 0.4) is 0 Å². The predicted octanol–water partition coefficient (Wildman–Crippen LogP) is 6.68. The van der Waals surface area contributed by atoms with Crippen LogP contribution in [0, 0.1) is 17.8 Å². The van der Waals surface area contributed by atoms with Gasteiger partial charge in [-0.25, -0.2) is 13.1 Å². The summed E-state index contributed by atoms with van der Waals surface area (Å²) in [6.45, 7) is 5.87. The van der Waals surface area contributed by atoms with Gasteiger partial charge in [0.2, 0.25) is 10.0 Å². The molecule has 238 valence electrons. The molecule has 2 aromatic carbocycles. The Morgan fingerprint density at radius 2 is 2.00 bits per heavy atom. The largest absolute Gasteiger partial charge is 0.490 e. The topological polar surface area (TPSA) is 84.9 Å². The highest BCUT2D eigenvalue weighted by Crippen LogP contribution is 2.47. The second-order valence-electron chi connectivity index (χ2n) is 13.4. The van der Waals surface area contributed by atoms with E-state index >= 15 is 0 Å². The molecule has 6 atom stereocenters. The number of ether oxygens (including phenoxy) is 2. The molecule has 1 N–H and O–H groups in total. The molecule has 4 aliphatic rings. The molecule has 0 aromatic heterocycles. The maximum Gasteiger partial charge on any atom is 0.264 e. The zero-order chi connectivity index (χ0) is 31.1. The third-order valence-electron chi connectivity index (χ3n) is 10.6. The third kappa shape index (κ3) is 6.14. The van der Waals surface area contributed by atoms with Crippen LogP contribution < -0.4 is 14.4 Å². The van der Waals surface area contributed by atoms with E-state index in [4.69, 9.17) is 21.1 Å². The lowest BCUT2D eigenvalue weighted by Gasteiger charge is -2.46. The molecule has 44 heavy (non-hydrogen) atoms. The first-order chi connectivity index (χ1) is 21.1. The molecule has 0 radical (unpaired) electrons. The summed E-state index contributed by atoms with van der Waals surface area (Å²) in [5.41, 5.74) is 3.49. The molecule has 2 aliphatic heterocycles. The second kappa shape index (κ2) is 12.7. The average molecular weight is 641 g/mol. The molecular weight excluding hydrogens is 596 g/mol. The summed E-state index contributed by atoms with van der Waals surface area (Å²) in [4.78, 5) is 15.9. The highest BCUT2D eigenvalue weighted by molar-refractivity contribution is 7.90. The molecule has 6 rings (SSSR count). The van der Waals surface area contributed by atoms with Crippen molar-refractivity contribution in [3.63, 3.8) is 0 Å². The molecule has 1 spiro atoms. The average Bonchev–Trinajstić information content (AvgIpc) is 3.13. The molecule has 2 heterocycles. The lowest BCUT2D eigenvalue weighted by atomic mass is 9.68. The van der Waals surface area contributed by atoms with Crippen LogP contribution in [0.1, 0.15) is 80.3 Å². The third-order valence-corrected chi connectivity index (χ3v) is 12.5. The number of sulfonamides is 1. The van der Waals surface area contributed by atoms with Gasteiger partial charge in [-0.1, -0.05) is 43.2 Å². The van der Waals surface area contributed by atoms with Crippen LogP contribution in [0.15, 0.2) is 48.6 Å². The number of aryl methyl sites for hydroxylation is 1. The molecule has 1 saturated carbocycles. The number of nitrogens with one attached hydrogen (secondary N) is 1. The standard InChI is InChI=1S/C35H45ClN2O5S/c1-4-6-24-8-14-32(42-3)29-12-9-27(29)20-38-21-35(16-5-7-25-18-28(36)11-13-30(25)35)22-43-33-15-10-26(19-31(33)38)34(39)37-44(40,41)23(2)17-24/h8,10-11,13-15,18-19,23-24,27,29,32H,4-7,9,12,16-17,20-22H2,1-3H3,(H,37,39)/b14-8+/t23-,24+,27+,29-,32+,35+/m1/s1. The highest BCUT2D eigenvalue weighted by atomic mass is 35.5. The highest BCUT2D eigenvalue weighted by Gasteiger charge is 2.44. The summed E-state index contributed by atoms with van der Waals surface area (Å²) in [6, 6.07) is 11.6. The number of halogens is 1. The zero-order valence-electron chi connectivity index (χ0n) is 26.1. The molecular formula is C35H45ClN2O5S. The Morgan fingerprint density at radius 3 is 2.75 bits per heavy atom. The number of carbonyl (C=O) groups is 1. The van der Waals surface area contributed by atoms with E-state index in [2.05, 4.69) is 40.8 Å². The predicted molar refractivity (Wildman–Crippen MR) is 175 cm³/mol. The van der Waals surface area contributed by atoms with E-state index in [1.54, 1.807) is 20.1 Å². The number of amides is 1. The number of methoxy groups -OCH3 is 1. The second-order valence-corrected chi connectivity index (χ2v) is 16.0.